The average molecular weight is 641 g/mol. The van der Waals surface area contributed by atoms with E-state index < -0.39 is 10.0 Å². The van der Waals surface area contributed by atoms with Gasteiger partial charge in [0.2, 0.25) is 10.0 Å². The molecule has 3 saturated heterocycles. The van der Waals surface area contributed by atoms with Crippen LogP contribution in [-0.2, 0) is 19.6 Å². The molecular weight excluding hydrogens is 588 g/mol. The standard InChI is InChI=1S/C34H52N6O4S/c1-23-9-11-26(12-10-23)32-8-6-7-31(44-32)19-36-25(3)24(2)33(37-22-35)34(41)39-15-13-29(14-16-39)40-20-27-17-30(18-28(27)21-40)38(4)45(5,42)43/h9-12,22,27-32,36H,3,6-8,13-21H2,1-2,4-5H3,(H2,35,37)/b33-24-/t27-,28+,30-,31-,32+/m1/s1. The normalized spacial score (nSPS) is 28.8. The predicted octanol–water partition coefficient (Wildman–Crippen LogP) is 3.56. The average Bonchev–Trinajstić information content (AvgIpc) is 3.61. The number of sulfonamides is 1. The van der Waals surface area contributed by atoms with Gasteiger partial charge in [-0.25, -0.2) is 17.7 Å². The number of carbonyl (C=O) groups is 1. The molecule has 3 aliphatic heterocycles. The fraction of sp³-hybridized carbons (Fsp3) is 0.647. The van der Waals surface area contributed by atoms with Gasteiger partial charge in [0.1, 0.15) is 5.70 Å². The lowest BCUT2D eigenvalue weighted by Crippen LogP contribution is -2.47. The van der Waals surface area contributed by atoms with Crippen LogP contribution in [-0.4, -0.2) is 99.0 Å². The fourth-order valence-electron chi connectivity index (χ4n) is 7.73. The number of aliphatic imine (C=N–C) groups is 1. The first-order valence-corrected chi connectivity index (χ1v) is 18.4. The number of amides is 1. The highest BCUT2D eigenvalue weighted by atomic mass is 32.2. The van der Waals surface area contributed by atoms with Crippen molar-refractivity contribution in [2.75, 3.05) is 46.0 Å². The van der Waals surface area contributed by atoms with Crippen LogP contribution in [0.25, 0.3) is 0 Å². The number of nitrogens with one attached hydrogen (secondary N) is 1. The Bertz CT molecular complexity index is 1370. The van der Waals surface area contributed by atoms with E-state index in [-0.39, 0.29) is 24.2 Å². The molecular formula is C34H52N6O4S. The van der Waals surface area contributed by atoms with Gasteiger partial charge in [0.25, 0.3) is 5.91 Å². The molecule has 3 N–H and O–H groups in total. The predicted molar refractivity (Wildman–Crippen MR) is 179 cm³/mol. The minimum Gasteiger partial charge on any atom is -0.390 e. The molecule has 5 atom stereocenters. The smallest absolute Gasteiger partial charge is 0.272 e. The first-order valence-electron chi connectivity index (χ1n) is 16.5. The van der Waals surface area contributed by atoms with E-state index in [9.17, 15) is 13.2 Å². The van der Waals surface area contributed by atoms with Crippen LogP contribution in [0.1, 0.15) is 69.1 Å². The van der Waals surface area contributed by atoms with Gasteiger partial charge in [-0.05, 0) is 76.2 Å². The summed E-state index contributed by atoms with van der Waals surface area (Å²) in [5, 5.41) is 3.41. The summed E-state index contributed by atoms with van der Waals surface area (Å²) in [5.74, 6) is 0.968. The summed E-state index contributed by atoms with van der Waals surface area (Å²) in [5.41, 5.74) is 9.83. The number of nitrogens with two attached hydrogens (primary N) is 1. The highest BCUT2D eigenvalue weighted by Gasteiger charge is 2.45. The Morgan fingerprint density at radius 2 is 1.78 bits per heavy atom. The van der Waals surface area contributed by atoms with Gasteiger partial charge in [0.15, 0.2) is 0 Å². The molecule has 0 aromatic heterocycles. The quantitative estimate of drug-likeness (QED) is 0.174. The van der Waals surface area contributed by atoms with E-state index in [0.717, 1.165) is 58.0 Å². The molecule has 1 saturated carbocycles. The largest absolute Gasteiger partial charge is 0.390 e. The number of fused-ring (bicyclic) bond motifs is 1. The van der Waals surface area contributed by atoms with Gasteiger partial charge in [0, 0.05) is 63.1 Å². The van der Waals surface area contributed by atoms with E-state index in [4.69, 9.17) is 10.5 Å². The number of piperidine rings is 1. The van der Waals surface area contributed by atoms with Crippen LogP contribution in [0, 0.1) is 18.8 Å². The Morgan fingerprint density at radius 3 is 2.38 bits per heavy atom. The summed E-state index contributed by atoms with van der Waals surface area (Å²) in [6.07, 6.45) is 9.42. The third kappa shape index (κ3) is 7.99. The van der Waals surface area contributed by atoms with Crippen molar-refractivity contribution in [1.82, 2.24) is 19.4 Å². The van der Waals surface area contributed by atoms with E-state index >= 15 is 0 Å². The number of aryl methyl sites for hydroxylation is 1. The van der Waals surface area contributed by atoms with Crippen LogP contribution >= 0.6 is 0 Å². The first-order chi connectivity index (χ1) is 21.4. The van der Waals surface area contributed by atoms with Crippen molar-refractivity contribution in [1.29, 1.82) is 0 Å². The topological polar surface area (TPSA) is 121 Å². The highest BCUT2D eigenvalue weighted by Crippen LogP contribution is 2.42. The van der Waals surface area contributed by atoms with Crippen molar-refractivity contribution in [3.05, 3.63) is 58.9 Å². The Balaban J connectivity index is 1.11. The number of allylic oxidation sites excluding steroid dienone is 1. The summed E-state index contributed by atoms with van der Waals surface area (Å²) in [7, 11) is -1.45. The Labute approximate surface area is 269 Å². The van der Waals surface area contributed by atoms with E-state index in [2.05, 4.69) is 53.0 Å². The van der Waals surface area contributed by atoms with Crippen molar-refractivity contribution in [3.8, 4) is 0 Å². The summed E-state index contributed by atoms with van der Waals surface area (Å²) in [6.45, 7) is 12.2. The van der Waals surface area contributed by atoms with Gasteiger partial charge in [0.05, 0.1) is 24.8 Å². The molecule has 0 bridgehead atoms. The fourth-order valence-corrected chi connectivity index (χ4v) is 8.44. The number of hydrogen-bond donors (Lipinski definition) is 2. The number of carbonyl (C=O) groups excluding carboxylic acids is 1. The summed E-state index contributed by atoms with van der Waals surface area (Å²) in [4.78, 5) is 22.4. The molecule has 1 aromatic rings. The van der Waals surface area contributed by atoms with Crippen LogP contribution in [0.3, 0.4) is 0 Å². The monoisotopic (exact) mass is 640 g/mol. The second kappa shape index (κ2) is 14.4. The molecule has 0 radical (unpaired) electrons. The third-order valence-corrected chi connectivity index (χ3v) is 12.0. The number of benzene rings is 1. The van der Waals surface area contributed by atoms with Crippen molar-refractivity contribution in [2.24, 2.45) is 22.6 Å². The zero-order valence-corrected chi connectivity index (χ0v) is 28.3. The molecule has 0 unspecified atom stereocenters. The van der Waals surface area contributed by atoms with Gasteiger partial charge in [-0.1, -0.05) is 36.4 Å². The van der Waals surface area contributed by atoms with E-state index in [1.807, 2.05) is 11.8 Å². The van der Waals surface area contributed by atoms with Crippen molar-refractivity contribution >= 4 is 22.3 Å². The zero-order valence-electron chi connectivity index (χ0n) is 27.5. The minimum atomic E-state index is -3.16. The number of rotatable bonds is 10. The second-order valence-corrected chi connectivity index (χ2v) is 15.6. The molecule has 1 aliphatic carbocycles. The van der Waals surface area contributed by atoms with Gasteiger partial charge < -0.3 is 20.7 Å². The number of ether oxygens (including phenoxy) is 1. The van der Waals surface area contributed by atoms with Crippen molar-refractivity contribution in [3.63, 3.8) is 0 Å². The third-order valence-electron chi connectivity index (χ3n) is 10.6. The maximum Gasteiger partial charge on any atom is 0.272 e. The van der Waals surface area contributed by atoms with Gasteiger partial charge in [-0.15, -0.1) is 0 Å². The van der Waals surface area contributed by atoms with E-state index in [1.54, 1.807) is 11.4 Å². The lowest BCUT2D eigenvalue weighted by Gasteiger charge is -2.37. The second-order valence-electron chi connectivity index (χ2n) is 13.6. The molecule has 4 fully saturated rings. The molecule has 10 nitrogen and oxygen atoms in total. The van der Waals surface area contributed by atoms with Gasteiger partial charge in [-0.3, -0.25) is 9.69 Å². The molecule has 45 heavy (non-hydrogen) atoms. The lowest BCUT2D eigenvalue weighted by atomic mass is 9.97. The van der Waals surface area contributed by atoms with Crippen LogP contribution in [0.15, 0.2) is 52.8 Å². The van der Waals surface area contributed by atoms with E-state index in [1.165, 1.54) is 23.7 Å². The molecule has 4 aliphatic rings. The van der Waals surface area contributed by atoms with Crippen LogP contribution in [0.2, 0.25) is 0 Å². The Hall–Kier alpha value is -2.73. The Morgan fingerprint density at radius 1 is 1.13 bits per heavy atom. The van der Waals surface area contributed by atoms with Gasteiger partial charge in [-0.2, -0.15) is 0 Å². The number of hydrogen-bond acceptors (Lipinski definition) is 7. The zero-order chi connectivity index (χ0) is 32.3. The van der Waals surface area contributed by atoms with Crippen molar-refractivity contribution < 1.29 is 17.9 Å². The number of nitrogens with zero attached hydrogens (tertiary/aromatic N) is 4. The Kier molecular flexibility index (Phi) is 10.7. The summed E-state index contributed by atoms with van der Waals surface area (Å²) >= 11 is 0. The van der Waals surface area contributed by atoms with Crippen LogP contribution in [0.5, 0.6) is 0 Å². The molecule has 0 spiro atoms. The summed E-state index contributed by atoms with van der Waals surface area (Å²) < 4.78 is 32.0. The van der Waals surface area contributed by atoms with Crippen molar-refractivity contribution in [2.45, 2.75) is 83.1 Å². The highest BCUT2D eigenvalue weighted by molar-refractivity contribution is 7.88. The first kappa shape index (κ1) is 33.6. The summed E-state index contributed by atoms with van der Waals surface area (Å²) in [6, 6.07) is 9.12. The van der Waals surface area contributed by atoms with Gasteiger partial charge >= 0.3 is 0 Å². The molecule has 1 aromatic carbocycles. The van der Waals surface area contributed by atoms with Crippen LogP contribution < -0.4 is 11.1 Å². The molecule has 5 rings (SSSR count). The maximum absolute atomic E-state index is 13.7. The number of likely N-dealkylation sites (tertiary alicyclic amines) is 2. The molecule has 248 valence electrons. The molecule has 1 amide bonds. The minimum absolute atomic E-state index is 0.0578. The SMILES string of the molecule is C=C(NC[C@H]1CCC[C@@H](c2ccc(C)cc2)O1)/C(C)=C(\N=C/N)C(=O)N1CCC(N2C[C@H]3C[C@@H](N(C)S(C)(=O)=O)C[C@H]3C2)CC1. The molecule has 11 heteroatoms. The van der Waals surface area contributed by atoms with Crippen LogP contribution in [0.4, 0.5) is 0 Å². The lowest BCUT2D eigenvalue weighted by molar-refractivity contribution is -0.128. The molecule has 3 heterocycles. The van der Waals surface area contributed by atoms with E-state index in [0.29, 0.717) is 54.5 Å². The maximum atomic E-state index is 13.7.